The molecule has 1 N–H and O–H groups in total. The van der Waals surface area contributed by atoms with Gasteiger partial charge in [-0.3, -0.25) is 4.79 Å². The number of benzene rings is 1. The third-order valence-corrected chi connectivity index (χ3v) is 3.07. The minimum atomic E-state index is -0.0275. The number of halogens is 1. The molecule has 0 bridgehead atoms. The van der Waals surface area contributed by atoms with Crippen LogP contribution in [-0.2, 0) is 11.2 Å². The van der Waals surface area contributed by atoms with Gasteiger partial charge in [0.1, 0.15) is 0 Å². The Bertz CT molecular complexity index is 499. The van der Waals surface area contributed by atoms with Crippen molar-refractivity contribution in [1.82, 2.24) is 4.98 Å². The molecule has 88 valence electrons. The Hall–Kier alpha value is -1.39. The highest BCUT2D eigenvalue weighted by molar-refractivity contribution is 7.07. The van der Waals surface area contributed by atoms with E-state index in [-0.39, 0.29) is 5.91 Å². The van der Waals surface area contributed by atoms with Gasteiger partial charge in [0.2, 0.25) is 5.91 Å². The highest BCUT2D eigenvalue weighted by Gasteiger charge is 2.04. The molecule has 0 radical (unpaired) electrons. The van der Waals surface area contributed by atoms with E-state index in [4.69, 9.17) is 11.6 Å². The van der Waals surface area contributed by atoms with E-state index in [1.807, 2.05) is 11.4 Å². The Morgan fingerprint density at radius 1 is 1.47 bits per heavy atom. The Balaban J connectivity index is 1.85. The second kappa shape index (κ2) is 5.80. The van der Waals surface area contributed by atoms with Crippen molar-refractivity contribution in [3.8, 4) is 0 Å². The summed E-state index contributed by atoms with van der Waals surface area (Å²) in [5, 5.41) is 5.36. The lowest BCUT2D eigenvalue weighted by molar-refractivity contribution is -0.116. The van der Waals surface area contributed by atoms with Crippen LogP contribution in [0.5, 0.6) is 0 Å². The number of anilines is 1. The zero-order valence-corrected chi connectivity index (χ0v) is 10.6. The second-order valence-corrected chi connectivity index (χ2v) is 4.69. The maximum atomic E-state index is 11.6. The predicted molar refractivity (Wildman–Crippen MR) is 70.5 cm³/mol. The van der Waals surface area contributed by atoms with Gasteiger partial charge in [-0.15, -0.1) is 11.3 Å². The van der Waals surface area contributed by atoms with Gasteiger partial charge < -0.3 is 5.32 Å². The van der Waals surface area contributed by atoms with Crippen molar-refractivity contribution in [3.05, 3.63) is 45.9 Å². The summed E-state index contributed by atoms with van der Waals surface area (Å²) >= 11 is 7.36. The molecule has 1 amide bonds. The molecule has 0 spiro atoms. The van der Waals surface area contributed by atoms with E-state index in [9.17, 15) is 4.79 Å². The molecular weight excluding hydrogens is 256 g/mol. The minimum Gasteiger partial charge on any atom is -0.326 e. The van der Waals surface area contributed by atoms with Gasteiger partial charge in [0.05, 0.1) is 11.2 Å². The van der Waals surface area contributed by atoms with Crippen LogP contribution in [0.1, 0.15) is 12.1 Å². The molecule has 0 aliphatic heterocycles. The standard InChI is InChI=1S/C12H11ClN2OS/c13-9-2-1-3-10(6-9)15-12(16)5-4-11-7-17-8-14-11/h1-3,6-8H,4-5H2,(H,15,16). The van der Waals surface area contributed by atoms with Gasteiger partial charge >= 0.3 is 0 Å². The molecule has 1 aromatic heterocycles. The Morgan fingerprint density at radius 3 is 3.06 bits per heavy atom. The molecule has 0 saturated heterocycles. The van der Waals surface area contributed by atoms with Crippen molar-refractivity contribution in [2.75, 3.05) is 5.32 Å². The van der Waals surface area contributed by atoms with Gasteiger partial charge in [-0.25, -0.2) is 4.98 Å². The van der Waals surface area contributed by atoms with Crippen LogP contribution in [0.25, 0.3) is 0 Å². The van der Waals surface area contributed by atoms with E-state index < -0.39 is 0 Å². The SMILES string of the molecule is O=C(CCc1cscn1)Nc1cccc(Cl)c1. The number of aryl methyl sites for hydroxylation is 1. The lowest BCUT2D eigenvalue weighted by Gasteiger charge is -2.04. The highest BCUT2D eigenvalue weighted by Crippen LogP contribution is 2.15. The van der Waals surface area contributed by atoms with E-state index >= 15 is 0 Å². The second-order valence-electron chi connectivity index (χ2n) is 3.54. The smallest absolute Gasteiger partial charge is 0.224 e. The average Bonchev–Trinajstić information content (AvgIpc) is 2.79. The van der Waals surface area contributed by atoms with Crippen LogP contribution in [0.15, 0.2) is 35.2 Å². The van der Waals surface area contributed by atoms with Crippen molar-refractivity contribution in [2.45, 2.75) is 12.8 Å². The van der Waals surface area contributed by atoms with Crippen LogP contribution < -0.4 is 5.32 Å². The number of carbonyl (C=O) groups is 1. The topological polar surface area (TPSA) is 42.0 Å². The predicted octanol–water partition coefficient (Wildman–Crippen LogP) is 3.37. The third-order valence-electron chi connectivity index (χ3n) is 2.20. The first kappa shape index (κ1) is 12.1. The minimum absolute atomic E-state index is 0.0275. The van der Waals surface area contributed by atoms with Gasteiger partial charge in [0.15, 0.2) is 0 Å². The number of hydrogen-bond acceptors (Lipinski definition) is 3. The summed E-state index contributed by atoms with van der Waals surface area (Å²) in [4.78, 5) is 15.8. The first-order valence-electron chi connectivity index (χ1n) is 5.16. The number of hydrogen-bond donors (Lipinski definition) is 1. The van der Waals surface area contributed by atoms with Crippen molar-refractivity contribution < 1.29 is 4.79 Å². The Kier molecular flexibility index (Phi) is 4.12. The van der Waals surface area contributed by atoms with E-state index in [0.717, 1.165) is 11.4 Å². The lowest BCUT2D eigenvalue weighted by Crippen LogP contribution is -2.12. The van der Waals surface area contributed by atoms with Crippen molar-refractivity contribution in [3.63, 3.8) is 0 Å². The molecule has 0 unspecified atom stereocenters. The summed E-state index contributed by atoms with van der Waals surface area (Å²) in [6.07, 6.45) is 1.09. The van der Waals surface area contributed by atoms with E-state index in [0.29, 0.717) is 17.9 Å². The Labute approximate surface area is 108 Å². The lowest BCUT2D eigenvalue weighted by atomic mass is 10.2. The van der Waals surface area contributed by atoms with Crippen molar-refractivity contribution >= 4 is 34.5 Å². The molecule has 0 saturated carbocycles. The fourth-order valence-electron chi connectivity index (χ4n) is 1.39. The van der Waals surface area contributed by atoms with Crippen LogP contribution in [0.2, 0.25) is 5.02 Å². The highest BCUT2D eigenvalue weighted by atomic mass is 35.5. The van der Waals surface area contributed by atoms with Crippen LogP contribution >= 0.6 is 22.9 Å². The molecular formula is C12H11ClN2OS. The van der Waals surface area contributed by atoms with Gasteiger partial charge in [-0.05, 0) is 24.6 Å². The van der Waals surface area contributed by atoms with Crippen LogP contribution in [0, 0.1) is 0 Å². The number of rotatable bonds is 4. The van der Waals surface area contributed by atoms with Crippen LogP contribution in [0.3, 0.4) is 0 Å². The average molecular weight is 267 g/mol. The molecule has 1 aromatic carbocycles. The molecule has 0 aliphatic carbocycles. The molecule has 5 heteroatoms. The number of nitrogens with one attached hydrogen (secondary N) is 1. The largest absolute Gasteiger partial charge is 0.326 e. The maximum Gasteiger partial charge on any atom is 0.224 e. The van der Waals surface area contributed by atoms with Gasteiger partial charge in [0, 0.05) is 22.5 Å². The quantitative estimate of drug-likeness (QED) is 0.922. The van der Waals surface area contributed by atoms with Gasteiger partial charge in [0.25, 0.3) is 0 Å². The molecule has 0 atom stereocenters. The molecule has 17 heavy (non-hydrogen) atoms. The first-order chi connectivity index (χ1) is 8.24. The van der Waals surface area contributed by atoms with Crippen molar-refractivity contribution in [2.24, 2.45) is 0 Å². The van der Waals surface area contributed by atoms with Gasteiger partial charge in [-0.2, -0.15) is 0 Å². The van der Waals surface area contributed by atoms with Crippen LogP contribution in [-0.4, -0.2) is 10.9 Å². The summed E-state index contributed by atoms with van der Waals surface area (Å²) in [5.74, 6) is -0.0275. The molecule has 1 heterocycles. The van der Waals surface area contributed by atoms with Crippen LogP contribution in [0.4, 0.5) is 5.69 Å². The normalized spacial score (nSPS) is 10.2. The summed E-state index contributed by atoms with van der Waals surface area (Å²) < 4.78 is 0. The summed E-state index contributed by atoms with van der Waals surface area (Å²) in [6.45, 7) is 0. The summed E-state index contributed by atoms with van der Waals surface area (Å²) in [6, 6.07) is 7.11. The molecule has 3 nitrogen and oxygen atoms in total. The monoisotopic (exact) mass is 266 g/mol. The number of aromatic nitrogens is 1. The van der Waals surface area contributed by atoms with E-state index in [1.165, 1.54) is 11.3 Å². The van der Waals surface area contributed by atoms with Gasteiger partial charge in [-0.1, -0.05) is 17.7 Å². The zero-order chi connectivity index (χ0) is 12.1. The molecule has 2 aromatic rings. The van der Waals surface area contributed by atoms with Crippen molar-refractivity contribution in [1.29, 1.82) is 0 Å². The number of carbonyl (C=O) groups excluding carboxylic acids is 1. The Morgan fingerprint density at radius 2 is 2.35 bits per heavy atom. The number of thiazole rings is 1. The summed E-state index contributed by atoms with van der Waals surface area (Å²) in [5.41, 5.74) is 3.45. The molecule has 0 fully saturated rings. The number of nitrogens with zero attached hydrogens (tertiary/aromatic N) is 1. The molecule has 2 rings (SSSR count). The van der Waals surface area contributed by atoms with E-state index in [2.05, 4.69) is 10.3 Å². The number of amides is 1. The van der Waals surface area contributed by atoms with E-state index in [1.54, 1.807) is 23.7 Å². The fraction of sp³-hybridized carbons (Fsp3) is 0.167. The summed E-state index contributed by atoms with van der Waals surface area (Å²) in [7, 11) is 0. The molecule has 0 aliphatic rings. The maximum absolute atomic E-state index is 11.6. The third kappa shape index (κ3) is 3.84. The first-order valence-corrected chi connectivity index (χ1v) is 6.48. The zero-order valence-electron chi connectivity index (χ0n) is 9.02. The fourth-order valence-corrected chi connectivity index (χ4v) is 2.18.